The molecule has 1 aromatic carbocycles. The van der Waals surface area contributed by atoms with Crippen LogP contribution in [0.4, 0.5) is 5.82 Å². The van der Waals surface area contributed by atoms with Crippen LogP contribution in [0.1, 0.15) is 41.4 Å². The van der Waals surface area contributed by atoms with E-state index >= 15 is 0 Å². The van der Waals surface area contributed by atoms with Crippen LogP contribution < -0.4 is 16.6 Å². The number of hydrogen-bond acceptors (Lipinski definition) is 6. The van der Waals surface area contributed by atoms with Crippen LogP contribution in [-0.2, 0) is 0 Å². The first-order valence-corrected chi connectivity index (χ1v) is 6.74. The van der Waals surface area contributed by atoms with Crippen molar-refractivity contribution >= 4 is 29.6 Å². The molecule has 1 aliphatic heterocycles. The van der Waals surface area contributed by atoms with Crippen LogP contribution in [0.15, 0.2) is 29.1 Å². The molecule has 0 aliphatic carbocycles. The van der Waals surface area contributed by atoms with Gasteiger partial charge in [0.2, 0.25) is 0 Å². The number of aromatic carboxylic acids is 2. The van der Waals surface area contributed by atoms with Gasteiger partial charge in [0.1, 0.15) is 5.82 Å². The maximum absolute atomic E-state index is 12.3. The highest BCUT2D eigenvalue weighted by molar-refractivity contribution is 6.23. The minimum absolute atomic E-state index is 0.0557. The number of imide groups is 1. The monoisotopic (exact) mass is 343 g/mol. The number of nitrogens with two attached hydrogens (primary N) is 1. The summed E-state index contributed by atoms with van der Waals surface area (Å²) in [6.07, 6.45) is 0. The van der Waals surface area contributed by atoms with Crippen molar-refractivity contribution in [1.82, 2.24) is 9.88 Å². The Labute approximate surface area is 138 Å². The van der Waals surface area contributed by atoms with Crippen LogP contribution in [0.5, 0.6) is 0 Å². The average molecular weight is 343 g/mol. The van der Waals surface area contributed by atoms with E-state index in [-0.39, 0.29) is 22.6 Å². The Morgan fingerprint density at radius 1 is 0.960 bits per heavy atom. The lowest BCUT2D eigenvalue weighted by atomic mass is 10.1. The SMILES string of the molecule is Nc1c2c(cc(=O)n1-c1ccc(C(=O)O)c(C(=O)O)c1)C(=O)NC2=O. The number of carboxylic acids is 2. The van der Waals surface area contributed by atoms with Crippen molar-refractivity contribution in [3.63, 3.8) is 0 Å². The van der Waals surface area contributed by atoms with Crippen molar-refractivity contribution in [2.24, 2.45) is 0 Å². The topological polar surface area (TPSA) is 169 Å². The third-order valence-electron chi connectivity index (χ3n) is 3.68. The molecule has 0 radical (unpaired) electrons. The van der Waals surface area contributed by atoms with E-state index in [2.05, 4.69) is 0 Å². The minimum atomic E-state index is -1.51. The Balaban J connectivity index is 2.30. The lowest BCUT2D eigenvalue weighted by molar-refractivity contribution is 0.0651. The Morgan fingerprint density at radius 2 is 1.60 bits per heavy atom. The fraction of sp³-hybridized carbons (Fsp3) is 0. The highest BCUT2D eigenvalue weighted by Gasteiger charge is 2.32. The predicted molar refractivity (Wildman–Crippen MR) is 82.2 cm³/mol. The number of hydrogen-bond donors (Lipinski definition) is 4. The number of carboxylic acid groups (broad SMARTS) is 2. The number of pyridine rings is 1. The fourth-order valence-corrected chi connectivity index (χ4v) is 2.58. The summed E-state index contributed by atoms with van der Waals surface area (Å²) >= 11 is 0. The number of benzene rings is 1. The van der Waals surface area contributed by atoms with Crippen molar-refractivity contribution in [3.8, 4) is 5.69 Å². The molecule has 0 saturated heterocycles. The van der Waals surface area contributed by atoms with Gasteiger partial charge >= 0.3 is 11.9 Å². The Bertz CT molecular complexity index is 1050. The van der Waals surface area contributed by atoms with Gasteiger partial charge in [-0.1, -0.05) is 0 Å². The van der Waals surface area contributed by atoms with Gasteiger partial charge in [0.05, 0.1) is 27.9 Å². The Hall–Kier alpha value is -3.95. The molecule has 1 aliphatic rings. The van der Waals surface area contributed by atoms with Crippen LogP contribution in [0.25, 0.3) is 5.69 Å². The van der Waals surface area contributed by atoms with E-state index in [9.17, 15) is 24.0 Å². The van der Waals surface area contributed by atoms with E-state index in [0.717, 1.165) is 22.8 Å². The van der Waals surface area contributed by atoms with Crippen LogP contribution in [0.2, 0.25) is 0 Å². The number of rotatable bonds is 3. The van der Waals surface area contributed by atoms with Crippen LogP contribution in [-0.4, -0.2) is 38.5 Å². The van der Waals surface area contributed by atoms with Gasteiger partial charge < -0.3 is 15.9 Å². The molecule has 5 N–H and O–H groups in total. The summed E-state index contributed by atoms with van der Waals surface area (Å²) in [6, 6.07) is 4.03. The molecule has 0 atom stereocenters. The van der Waals surface area contributed by atoms with E-state index in [1.807, 2.05) is 5.32 Å². The van der Waals surface area contributed by atoms with Crippen LogP contribution in [0, 0.1) is 0 Å². The third-order valence-corrected chi connectivity index (χ3v) is 3.68. The summed E-state index contributed by atoms with van der Waals surface area (Å²) in [5.74, 6) is -4.87. The van der Waals surface area contributed by atoms with Gasteiger partial charge in [-0.2, -0.15) is 0 Å². The van der Waals surface area contributed by atoms with Crippen molar-refractivity contribution in [1.29, 1.82) is 0 Å². The summed E-state index contributed by atoms with van der Waals surface area (Å²) in [5.41, 5.74) is 3.58. The fourth-order valence-electron chi connectivity index (χ4n) is 2.58. The Kier molecular flexibility index (Phi) is 3.38. The first-order valence-electron chi connectivity index (χ1n) is 6.74. The quantitative estimate of drug-likeness (QED) is 0.550. The molecule has 2 heterocycles. The number of amides is 2. The van der Waals surface area contributed by atoms with E-state index in [4.69, 9.17) is 15.9 Å². The summed E-state index contributed by atoms with van der Waals surface area (Å²) in [5, 5.41) is 20.2. The number of carbonyl (C=O) groups is 4. The van der Waals surface area contributed by atoms with Crippen LogP contribution >= 0.6 is 0 Å². The van der Waals surface area contributed by atoms with Crippen LogP contribution in [0.3, 0.4) is 0 Å². The molecule has 25 heavy (non-hydrogen) atoms. The van der Waals surface area contributed by atoms with Crippen molar-refractivity contribution in [2.75, 3.05) is 5.73 Å². The maximum atomic E-state index is 12.3. The van der Waals surface area contributed by atoms with E-state index in [1.165, 1.54) is 6.07 Å². The molecule has 1 aromatic heterocycles. The van der Waals surface area contributed by atoms with Gasteiger partial charge in [0.25, 0.3) is 17.4 Å². The lowest BCUT2D eigenvalue weighted by Crippen LogP contribution is -2.24. The van der Waals surface area contributed by atoms with Gasteiger partial charge in [-0.05, 0) is 18.2 Å². The van der Waals surface area contributed by atoms with E-state index in [0.29, 0.717) is 0 Å². The normalized spacial score (nSPS) is 12.6. The number of aromatic nitrogens is 1. The summed E-state index contributed by atoms with van der Waals surface area (Å²) in [4.78, 5) is 58.1. The summed E-state index contributed by atoms with van der Waals surface area (Å²) < 4.78 is 0.828. The zero-order chi connectivity index (χ0) is 18.5. The number of anilines is 1. The molecule has 3 rings (SSSR count). The van der Waals surface area contributed by atoms with Gasteiger partial charge in [-0.15, -0.1) is 0 Å². The lowest BCUT2D eigenvalue weighted by Gasteiger charge is -2.13. The highest BCUT2D eigenvalue weighted by Crippen LogP contribution is 2.24. The molecular weight excluding hydrogens is 334 g/mol. The molecule has 0 spiro atoms. The predicted octanol–water partition coefficient (Wildman–Crippen LogP) is -0.300. The number of nitrogens with zero attached hydrogens (tertiary/aromatic N) is 1. The Morgan fingerprint density at radius 3 is 2.20 bits per heavy atom. The van der Waals surface area contributed by atoms with Gasteiger partial charge in [-0.3, -0.25) is 24.3 Å². The second kappa shape index (κ2) is 5.30. The standard InChI is InChI=1S/C15H9N3O7/c16-11-10-8(12(20)17-13(10)21)4-9(19)18(11)5-1-2-6(14(22)23)7(3-5)15(24)25/h1-4H,16H2,(H,22,23)(H,24,25)(H,17,20,21). The number of nitrogen functional groups attached to an aromatic ring is 1. The molecule has 0 saturated carbocycles. The molecule has 2 aromatic rings. The second-order valence-corrected chi connectivity index (χ2v) is 5.12. The molecule has 10 heteroatoms. The average Bonchev–Trinajstić information content (AvgIpc) is 2.81. The molecule has 126 valence electrons. The first kappa shape index (κ1) is 15.9. The third kappa shape index (κ3) is 2.32. The highest BCUT2D eigenvalue weighted by atomic mass is 16.4. The maximum Gasteiger partial charge on any atom is 0.336 e. The largest absolute Gasteiger partial charge is 0.478 e. The second-order valence-electron chi connectivity index (χ2n) is 5.12. The summed E-state index contributed by atoms with van der Waals surface area (Å²) in [7, 11) is 0. The first-order chi connectivity index (χ1) is 11.7. The van der Waals surface area contributed by atoms with Gasteiger partial charge in [0.15, 0.2) is 0 Å². The number of nitrogens with one attached hydrogen (secondary N) is 1. The number of carbonyl (C=O) groups excluding carboxylic acids is 2. The van der Waals surface area contributed by atoms with E-state index in [1.54, 1.807) is 0 Å². The van der Waals surface area contributed by atoms with E-state index < -0.39 is 40.4 Å². The van der Waals surface area contributed by atoms with Crippen molar-refractivity contribution in [3.05, 3.63) is 56.9 Å². The van der Waals surface area contributed by atoms with Gasteiger partial charge in [0, 0.05) is 6.07 Å². The minimum Gasteiger partial charge on any atom is -0.478 e. The summed E-state index contributed by atoms with van der Waals surface area (Å²) in [6.45, 7) is 0. The zero-order valence-electron chi connectivity index (χ0n) is 12.3. The van der Waals surface area contributed by atoms with Gasteiger partial charge in [-0.25, -0.2) is 9.59 Å². The smallest absolute Gasteiger partial charge is 0.336 e. The molecule has 0 bridgehead atoms. The zero-order valence-corrected chi connectivity index (χ0v) is 12.3. The van der Waals surface area contributed by atoms with Crippen molar-refractivity contribution < 1.29 is 29.4 Å². The molecule has 2 amide bonds. The molecule has 0 fully saturated rings. The molecule has 0 unspecified atom stereocenters. The van der Waals surface area contributed by atoms with Crippen molar-refractivity contribution in [2.45, 2.75) is 0 Å². The number of fused-ring (bicyclic) bond motifs is 1. The molecule has 10 nitrogen and oxygen atoms in total. The molecular formula is C15H9N3O7.